The number of aliphatic hydroxyl groups is 1. The molecule has 1 fully saturated rings. The van der Waals surface area contributed by atoms with E-state index in [-0.39, 0.29) is 17.8 Å². The first-order valence-corrected chi connectivity index (χ1v) is 8.44. The van der Waals surface area contributed by atoms with Crippen LogP contribution in [0.3, 0.4) is 0 Å². The van der Waals surface area contributed by atoms with Crippen molar-refractivity contribution in [3.63, 3.8) is 0 Å². The van der Waals surface area contributed by atoms with Crippen molar-refractivity contribution in [2.75, 3.05) is 0 Å². The summed E-state index contributed by atoms with van der Waals surface area (Å²) in [6.07, 6.45) is 4.15. The Morgan fingerprint density at radius 2 is 2.12 bits per heavy atom. The van der Waals surface area contributed by atoms with E-state index in [0.29, 0.717) is 11.1 Å². The Labute approximate surface area is 152 Å². The first kappa shape index (κ1) is 19.8. The van der Waals surface area contributed by atoms with E-state index in [1.54, 1.807) is 26.8 Å². The van der Waals surface area contributed by atoms with Gasteiger partial charge in [-0.2, -0.15) is 0 Å². The molecule has 6 nitrogen and oxygen atoms in total. The predicted octanol–water partition coefficient (Wildman–Crippen LogP) is 2.19. The summed E-state index contributed by atoms with van der Waals surface area (Å²) in [7, 11) is 0. The fourth-order valence-electron chi connectivity index (χ4n) is 2.96. The number of hydrogen-bond acceptors (Lipinski definition) is 6. The fraction of sp³-hybridized carbons (Fsp3) is 0.450. The summed E-state index contributed by atoms with van der Waals surface area (Å²) in [6.45, 7) is 10.2. The van der Waals surface area contributed by atoms with Gasteiger partial charge in [0, 0.05) is 17.6 Å². The molecule has 1 aliphatic heterocycles. The Balaban J connectivity index is 2.50. The average Bonchev–Trinajstić information content (AvgIpc) is 2.84. The third-order valence-electron chi connectivity index (χ3n) is 4.69. The van der Waals surface area contributed by atoms with Gasteiger partial charge in [-0.3, -0.25) is 4.79 Å². The molecule has 1 aliphatic carbocycles. The maximum atomic E-state index is 12.3. The molecule has 1 N–H and O–H groups in total. The molecule has 0 radical (unpaired) electrons. The number of allylic oxidation sites excluding steroid dienone is 3. The molecule has 0 unspecified atom stereocenters. The molecule has 0 amide bonds. The van der Waals surface area contributed by atoms with Crippen LogP contribution in [0, 0.1) is 5.92 Å². The highest BCUT2D eigenvalue weighted by Crippen LogP contribution is 2.37. The van der Waals surface area contributed by atoms with E-state index in [1.165, 1.54) is 25.2 Å². The second kappa shape index (κ2) is 7.41. The second-order valence-corrected chi connectivity index (χ2v) is 6.94. The van der Waals surface area contributed by atoms with Gasteiger partial charge in [0.15, 0.2) is 5.78 Å². The van der Waals surface area contributed by atoms with Crippen LogP contribution in [0.25, 0.3) is 0 Å². The molecule has 140 valence electrons. The first-order chi connectivity index (χ1) is 12.1. The van der Waals surface area contributed by atoms with Crippen LogP contribution in [0.2, 0.25) is 0 Å². The maximum Gasteiger partial charge on any atom is 0.334 e. The van der Waals surface area contributed by atoms with E-state index < -0.39 is 35.7 Å². The Kier molecular flexibility index (Phi) is 5.66. The van der Waals surface area contributed by atoms with Crippen LogP contribution < -0.4 is 0 Å². The minimum Gasteiger partial charge on any atom is -0.458 e. The van der Waals surface area contributed by atoms with E-state index in [0.717, 1.165) is 0 Å². The minimum atomic E-state index is -1.42. The van der Waals surface area contributed by atoms with Crippen molar-refractivity contribution in [1.29, 1.82) is 0 Å². The molecule has 0 saturated carbocycles. The average molecular weight is 360 g/mol. The molecular formula is C20H24O6. The quantitative estimate of drug-likeness (QED) is 0.600. The molecule has 0 aromatic carbocycles. The molecule has 26 heavy (non-hydrogen) atoms. The lowest BCUT2D eigenvalue weighted by molar-refractivity contribution is -0.150. The Hall–Kier alpha value is -2.47. The van der Waals surface area contributed by atoms with Crippen molar-refractivity contribution in [1.82, 2.24) is 0 Å². The molecule has 0 bridgehead atoms. The largest absolute Gasteiger partial charge is 0.458 e. The number of rotatable bonds is 2. The van der Waals surface area contributed by atoms with Gasteiger partial charge in [-0.15, -0.1) is 0 Å². The van der Waals surface area contributed by atoms with Gasteiger partial charge >= 0.3 is 11.9 Å². The van der Waals surface area contributed by atoms with Crippen molar-refractivity contribution in [3.8, 4) is 0 Å². The van der Waals surface area contributed by atoms with Crippen LogP contribution in [0.15, 0.2) is 47.6 Å². The zero-order chi connectivity index (χ0) is 19.6. The molecule has 0 aromatic heterocycles. The number of carbonyl (C=O) groups excluding carboxylic acids is 3. The van der Waals surface area contributed by atoms with E-state index in [4.69, 9.17) is 9.47 Å². The van der Waals surface area contributed by atoms with Crippen molar-refractivity contribution < 1.29 is 29.0 Å². The first-order valence-electron chi connectivity index (χ1n) is 8.44. The monoisotopic (exact) mass is 360 g/mol. The van der Waals surface area contributed by atoms with Gasteiger partial charge in [-0.1, -0.05) is 12.7 Å². The number of ketones is 1. The second-order valence-electron chi connectivity index (χ2n) is 6.94. The van der Waals surface area contributed by atoms with Crippen LogP contribution in [-0.4, -0.2) is 40.6 Å². The Morgan fingerprint density at radius 3 is 2.73 bits per heavy atom. The van der Waals surface area contributed by atoms with Gasteiger partial charge in [-0.25, -0.2) is 9.59 Å². The van der Waals surface area contributed by atoms with Gasteiger partial charge in [0.1, 0.15) is 12.2 Å². The summed E-state index contributed by atoms with van der Waals surface area (Å²) in [5.74, 6) is -2.13. The normalized spacial score (nSPS) is 33.9. The standard InChI is InChI=1S/C20H24O6/c1-6-11(2)18(22)26-16-10-20(5,24)8-7-14(21)12(3)9-15-17(16)13(4)19(23)25-15/h6-9,15-17,24H,4,10H2,1-3,5H3/b8-7+,11-6+,12-9?/t15-,16-,17+,20+/m1/s1. The summed E-state index contributed by atoms with van der Waals surface area (Å²) in [6, 6.07) is 0. The summed E-state index contributed by atoms with van der Waals surface area (Å²) in [5.41, 5.74) is -0.487. The molecular weight excluding hydrogens is 336 g/mol. The number of fused-ring (bicyclic) bond motifs is 1. The van der Waals surface area contributed by atoms with Gasteiger partial charge in [-0.05, 0) is 51.5 Å². The van der Waals surface area contributed by atoms with Gasteiger partial charge < -0.3 is 14.6 Å². The molecule has 1 saturated heterocycles. The maximum absolute atomic E-state index is 12.3. The van der Waals surface area contributed by atoms with E-state index >= 15 is 0 Å². The highest BCUT2D eigenvalue weighted by molar-refractivity contribution is 6.03. The molecule has 4 atom stereocenters. The fourth-order valence-corrected chi connectivity index (χ4v) is 2.96. The van der Waals surface area contributed by atoms with Crippen LogP contribution >= 0.6 is 0 Å². The van der Waals surface area contributed by atoms with Crippen LogP contribution in [0.5, 0.6) is 0 Å². The van der Waals surface area contributed by atoms with Gasteiger partial charge in [0.05, 0.1) is 11.5 Å². The summed E-state index contributed by atoms with van der Waals surface area (Å²) >= 11 is 0. The Bertz CT molecular complexity index is 737. The minimum absolute atomic E-state index is 0.0107. The lowest BCUT2D eigenvalue weighted by Crippen LogP contribution is -2.39. The van der Waals surface area contributed by atoms with Crippen molar-refractivity contribution >= 4 is 17.7 Å². The van der Waals surface area contributed by atoms with Crippen molar-refractivity contribution in [2.24, 2.45) is 5.92 Å². The Morgan fingerprint density at radius 1 is 1.46 bits per heavy atom. The highest BCUT2D eigenvalue weighted by atomic mass is 16.6. The lowest BCUT2D eigenvalue weighted by Gasteiger charge is -2.31. The molecule has 6 heteroatoms. The topological polar surface area (TPSA) is 89.9 Å². The van der Waals surface area contributed by atoms with E-state index in [1.807, 2.05) is 0 Å². The van der Waals surface area contributed by atoms with Crippen LogP contribution in [0.4, 0.5) is 0 Å². The van der Waals surface area contributed by atoms with Crippen molar-refractivity contribution in [2.45, 2.75) is 51.9 Å². The summed E-state index contributed by atoms with van der Waals surface area (Å²) in [5, 5.41) is 10.6. The smallest absolute Gasteiger partial charge is 0.334 e. The molecule has 0 spiro atoms. The molecule has 0 aromatic rings. The van der Waals surface area contributed by atoms with Gasteiger partial charge in [0.2, 0.25) is 0 Å². The third-order valence-corrected chi connectivity index (χ3v) is 4.69. The van der Waals surface area contributed by atoms with Crippen LogP contribution in [0.1, 0.15) is 34.1 Å². The SMILES string of the molecule is C=C1C(=O)O[C@@H]2C=C(C)C(=O)/C=C/[C@](C)(O)C[C@@H](OC(=O)/C(C)=C/C)[C@@H]12. The third kappa shape index (κ3) is 4.19. The highest BCUT2D eigenvalue weighted by Gasteiger charge is 2.46. The number of hydrogen-bond donors (Lipinski definition) is 1. The zero-order valence-electron chi connectivity index (χ0n) is 15.4. The van der Waals surface area contributed by atoms with Crippen molar-refractivity contribution in [3.05, 3.63) is 47.6 Å². The van der Waals surface area contributed by atoms with Gasteiger partial charge in [0.25, 0.3) is 0 Å². The predicted molar refractivity (Wildman–Crippen MR) is 95.0 cm³/mol. The number of esters is 2. The molecule has 1 heterocycles. The summed E-state index contributed by atoms with van der Waals surface area (Å²) in [4.78, 5) is 36.5. The van der Waals surface area contributed by atoms with E-state index in [2.05, 4.69) is 6.58 Å². The number of carbonyl (C=O) groups is 3. The number of ether oxygens (including phenoxy) is 2. The van der Waals surface area contributed by atoms with Crippen LogP contribution in [-0.2, 0) is 23.9 Å². The lowest BCUT2D eigenvalue weighted by atomic mass is 9.82. The summed E-state index contributed by atoms with van der Waals surface area (Å²) < 4.78 is 10.9. The molecule has 2 rings (SSSR count). The zero-order valence-corrected chi connectivity index (χ0v) is 15.4. The molecule has 2 aliphatic rings. The van der Waals surface area contributed by atoms with E-state index in [9.17, 15) is 19.5 Å².